The van der Waals surface area contributed by atoms with E-state index >= 15 is 0 Å². The van der Waals surface area contributed by atoms with Crippen molar-refractivity contribution in [1.82, 2.24) is 0 Å². The minimum Gasteiger partial charge on any atom is -0.324 e. The van der Waals surface area contributed by atoms with Crippen molar-refractivity contribution in [2.45, 2.75) is 6.16 Å². The molecule has 0 radical (unpaired) electrons. The summed E-state index contributed by atoms with van der Waals surface area (Å²) in [5, 5.41) is 0.390. The number of benzene rings is 1. The van der Waals surface area contributed by atoms with Crippen LogP contribution in [0.1, 0.15) is 5.56 Å². The fourth-order valence-electron chi connectivity index (χ4n) is 0.849. The molecule has 3 nitrogen and oxygen atoms in total. The lowest BCUT2D eigenvalue weighted by atomic mass is 10.2. The summed E-state index contributed by atoms with van der Waals surface area (Å²) in [6, 6.07) is 6.61. The molecule has 66 valence electrons. The van der Waals surface area contributed by atoms with Crippen LogP contribution in [0.3, 0.4) is 0 Å². The molecule has 0 aliphatic heterocycles. The van der Waals surface area contributed by atoms with Gasteiger partial charge in [0.05, 0.1) is 6.16 Å². The third kappa shape index (κ3) is 2.95. The molecule has 5 heteroatoms. The average molecular weight is 207 g/mol. The van der Waals surface area contributed by atoms with Crippen molar-refractivity contribution in [2.75, 3.05) is 0 Å². The number of rotatable bonds is 2. The maximum atomic E-state index is 10.6. The Bertz CT molecular complexity index is 320. The molecule has 1 aromatic rings. The average Bonchev–Trinajstić information content (AvgIpc) is 1.91. The first-order chi connectivity index (χ1) is 5.49. The van der Waals surface area contributed by atoms with Gasteiger partial charge in [-0.2, -0.15) is 0 Å². The van der Waals surface area contributed by atoms with E-state index in [1.54, 1.807) is 24.3 Å². The van der Waals surface area contributed by atoms with Crippen molar-refractivity contribution in [3.8, 4) is 0 Å². The molecule has 0 saturated heterocycles. The number of hydrogen-bond donors (Lipinski definition) is 2. The van der Waals surface area contributed by atoms with Crippen LogP contribution in [0.25, 0.3) is 0 Å². The zero-order valence-corrected chi connectivity index (χ0v) is 7.79. The van der Waals surface area contributed by atoms with Gasteiger partial charge in [0.15, 0.2) is 0 Å². The third-order valence-electron chi connectivity index (χ3n) is 1.33. The summed E-state index contributed by atoms with van der Waals surface area (Å²) in [4.78, 5) is 17.3. The molecule has 1 aromatic carbocycles. The van der Waals surface area contributed by atoms with Crippen molar-refractivity contribution < 1.29 is 14.4 Å². The smallest absolute Gasteiger partial charge is 0.324 e. The molecule has 0 unspecified atom stereocenters. The highest BCUT2D eigenvalue weighted by Crippen LogP contribution is 2.40. The van der Waals surface area contributed by atoms with Crippen LogP contribution >= 0.6 is 19.2 Å². The molecule has 0 fully saturated rings. The molecule has 0 aliphatic carbocycles. The number of hydrogen-bond acceptors (Lipinski definition) is 1. The van der Waals surface area contributed by atoms with Crippen molar-refractivity contribution in [1.29, 1.82) is 0 Å². The second-order valence-corrected chi connectivity index (χ2v) is 4.47. The van der Waals surface area contributed by atoms with Gasteiger partial charge in [0.2, 0.25) is 0 Å². The van der Waals surface area contributed by atoms with Gasteiger partial charge in [-0.3, -0.25) is 4.57 Å². The predicted molar refractivity (Wildman–Crippen MR) is 47.2 cm³/mol. The minimum atomic E-state index is -4.00. The standard InChI is InChI=1S/C7H8ClO3P/c8-7-4-2-1-3-6(7)5-12(9,10)11/h1-4H,5H2,(H2,9,10,11). The minimum absolute atomic E-state index is 0.299. The van der Waals surface area contributed by atoms with E-state index in [4.69, 9.17) is 21.4 Å². The van der Waals surface area contributed by atoms with Crippen molar-refractivity contribution in [3.63, 3.8) is 0 Å². The second-order valence-electron chi connectivity index (χ2n) is 2.41. The Morgan fingerprint density at radius 2 is 1.92 bits per heavy atom. The van der Waals surface area contributed by atoms with Crippen LogP contribution in [-0.4, -0.2) is 9.79 Å². The van der Waals surface area contributed by atoms with Crippen LogP contribution in [0.5, 0.6) is 0 Å². The Labute approximate surface area is 75.2 Å². The van der Waals surface area contributed by atoms with Gasteiger partial charge in [-0.1, -0.05) is 29.8 Å². The monoisotopic (exact) mass is 206 g/mol. The molecular formula is C7H8ClO3P. The van der Waals surface area contributed by atoms with Gasteiger partial charge in [0.1, 0.15) is 0 Å². The molecule has 0 amide bonds. The highest BCUT2D eigenvalue weighted by molar-refractivity contribution is 7.50. The molecule has 0 aliphatic rings. The van der Waals surface area contributed by atoms with Gasteiger partial charge in [0, 0.05) is 5.02 Å². The molecule has 1 rings (SSSR count). The second kappa shape index (κ2) is 3.58. The lowest BCUT2D eigenvalue weighted by Crippen LogP contribution is -1.87. The summed E-state index contributed by atoms with van der Waals surface area (Å²) in [7, 11) is -4.00. The van der Waals surface area contributed by atoms with E-state index in [-0.39, 0.29) is 6.16 Å². The van der Waals surface area contributed by atoms with Gasteiger partial charge in [-0.15, -0.1) is 0 Å². The van der Waals surface area contributed by atoms with E-state index in [1.165, 1.54) is 0 Å². The van der Waals surface area contributed by atoms with Crippen LogP contribution < -0.4 is 0 Å². The zero-order valence-electron chi connectivity index (χ0n) is 6.14. The molecule has 0 heterocycles. The maximum absolute atomic E-state index is 10.6. The molecule has 0 saturated carbocycles. The third-order valence-corrected chi connectivity index (χ3v) is 2.46. The largest absolute Gasteiger partial charge is 0.329 e. The van der Waals surface area contributed by atoms with E-state index in [1.807, 2.05) is 0 Å². The summed E-state index contributed by atoms with van der Waals surface area (Å²) in [6.07, 6.45) is -0.299. The Morgan fingerprint density at radius 1 is 1.33 bits per heavy atom. The Kier molecular flexibility index (Phi) is 2.91. The Hall–Kier alpha value is -0.340. The topological polar surface area (TPSA) is 57.5 Å². The molecule has 0 atom stereocenters. The van der Waals surface area contributed by atoms with Crippen molar-refractivity contribution in [3.05, 3.63) is 34.9 Å². The lowest BCUT2D eigenvalue weighted by Gasteiger charge is -2.04. The summed E-state index contributed by atoms with van der Waals surface area (Å²) in [6.45, 7) is 0. The molecule has 2 N–H and O–H groups in total. The normalized spacial score (nSPS) is 11.6. The first-order valence-electron chi connectivity index (χ1n) is 3.27. The van der Waals surface area contributed by atoms with Crippen LogP contribution in [0.4, 0.5) is 0 Å². The SMILES string of the molecule is O=P(O)(O)Cc1ccccc1Cl. The van der Waals surface area contributed by atoms with Gasteiger partial charge < -0.3 is 9.79 Å². The van der Waals surface area contributed by atoms with Gasteiger partial charge in [-0.25, -0.2) is 0 Å². The van der Waals surface area contributed by atoms with Gasteiger partial charge >= 0.3 is 7.60 Å². The fraction of sp³-hybridized carbons (Fsp3) is 0.143. The quantitative estimate of drug-likeness (QED) is 0.728. The fourth-order valence-corrected chi connectivity index (χ4v) is 1.86. The van der Waals surface area contributed by atoms with Gasteiger partial charge in [0.25, 0.3) is 0 Å². The summed E-state index contributed by atoms with van der Waals surface area (Å²) < 4.78 is 10.6. The zero-order chi connectivity index (χ0) is 9.19. The maximum Gasteiger partial charge on any atom is 0.329 e. The number of halogens is 1. The molecule has 0 spiro atoms. The molecule has 12 heavy (non-hydrogen) atoms. The van der Waals surface area contributed by atoms with Crippen LogP contribution in [0.15, 0.2) is 24.3 Å². The van der Waals surface area contributed by atoms with Crippen LogP contribution in [-0.2, 0) is 10.7 Å². The van der Waals surface area contributed by atoms with Crippen LogP contribution in [0.2, 0.25) is 5.02 Å². The Balaban J connectivity index is 2.90. The summed E-state index contributed by atoms with van der Waals surface area (Å²) >= 11 is 5.69. The van der Waals surface area contributed by atoms with E-state index in [0.29, 0.717) is 10.6 Å². The van der Waals surface area contributed by atoms with Crippen molar-refractivity contribution in [2.24, 2.45) is 0 Å². The Morgan fingerprint density at radius 3 is 2.42 bits per heavy atom. The van der Waals surface area contributed by atoms with Crippen molar-refractivity contribution >= 4 is 19.2 Å². The first-order valence-corrected chi connectivity index (χ1v) is 5.44. The van der Waals surface area contributed by atoms with E-state index in [0.717, 1.165) is 0 Å². The predicted octanol–water partition coefficient (Wildman–Crippen LogP) is 2.02. The molecule has 0 aromatic heterocycles. The van der Waals surface area contributed by atoms with Gasteiger partial charge in [-0.05, 0) is 11.6 Å². The lowest BCUT2D eigenvalue weighted by molar-refractivity contribution is 0.372. The van der Waals surface area contributed by atoms with E-state index in [2.05, 4.69) is 0 Å². The highest BCUT2D eigenvalue weighted by atomic mass is 35.5. The highest BCUT2D eigenvalue weighted by Gasteiger charge is 2.15. The van der Waals surface area contributed by atoms with E-state index in [9.17, 15) is 4.57 Å². The van der Waals surface area contributed by atoms with Crippen LogP contribution in [0, 0.1) is 0 Å². The molecule has 0 bridgehead atoms. The first kappa shape index (κ1) is 9.75. The molecular weight excluding hydrogens is 199 g/mol. The van der Waals surface area contributed by atoms with E-state index < -0.39 is 7.60 Å². The summed E-state index contributed by atoms with van der Waals surface area (Å²) in [5.74, 6) is 0. The summed E-state index contributed by atoms with van der Waals surface area (Å²) in [5.41, 5.74) is 0.479.